The fourth-order valence-corrected chi connectivity index (χ4v) is 5.53. The third-order valence-corrected chi connectivity index (χ3v) is 7.34. The molecule has 0 unspecified atom stereocenters. The summed E-state index contributed by atoms with van der Waals surface area (Å²) in [6.07, 6.45) is 2.22. The van der Waals surface area contributed by atoms with Crippen LogP contribution in [0.15, 0.2) is 29.2 Å². The summed E-state index contributed by atoms with van der Waals surface area (Å²) in [7, 11) is -1.48. The van der Waals surface area contributed by atoms with Gasteiger partial charge in [0.1, 0.15) is 5.75 Å². The molecule has 1 saturated heterocycles. The molecular formula is C18H23NO6S2. The summed E-state index contributed by atoms with van der Waals surface area (Å²) in [5.41, 5.74) is 0. The van der Waals surface area contributed by atoms with Crippen LogP contribution in [0, 0.1) is 0 Å². The Bertz CT molecular complexity index is 789. The van der Waals surface area contributed by atoms with E-state index < -0.39 is 15.8 Å². The van der Waals surface area contributed by atoms with Gasteiger partial charge in [0.2, 0.25) is 0 Å². The molecule has 7 nitrogen and oxygen atoms in total. The molecule has 0 aromatic heterocycles. The molecule has 1 saturated carbocycles. The first kappa shape index (κ1) is 20.0. The van der Waals surface area contributed by atoms with E-state index in [4.69, 9.17) is 9.47 Å². The lowest BCUT2D eigenvalue weighted by Crippen LogP contribution is -2.44. The van der Waals surface area contributed by atoms with Crippen molar-refractivity contribution in [1.82, 2.24) is 4.90 Å². The average Bonchev–Trinajstić information content (AvgIpc) is 3.41. The van der Waals surface area contributed by atoms with Crippen LogP contribution in [0.25, 0.3) is 0 Å². The van der Waals surface area contributed by atoms with Crippen molar-refractivity contribution in [2.24, 2.45) is 0 Å². The van der Waals surface area contributed by atoms with Gasteiger partial charge >= 0.3 is 5.97 Å². The normalized spacial score (nSPS) is 20.9. The van der Waals surface area contributed by atoms with Crippen LogP contribution in [-0.4, -0.2) is 68.3 Å². The SMILES string of the molecule is COc1ccc(SCC(=O)OCC(=O)N(C2CC2)[C@H]2CCS(=O)(=O)C2)cc1. The van der Waals surface area contributed by atoms with Crippen LogP contribution in [0.2, 0.25) is 0 Å². The van der Waals surface area contributed by atoms with Crippen molar-refractivity contribution in [2.75, 3.05) is 31.0 Å². The van der Waals surface area contributed by atoms with Crippen molar-refractivity contribution in [3.63, 3.8) is 0 Å². The molecule has 1 aliphatic heterocycles. The predicted octanol–water partition coefficient (Wildman–Crippen LogP) is 1.51. The van der Waals surface area contributed by atoms with Crippen molar-refractivity contribution in [2.45, 2.75) is 36.2 Å². The lowest BCUT2D eigenvalue weighted by molar-refractivity contribution is -0.151. The van der Waals surface area contributed by atoms with Crippen LogP contribution in [0.3, 0.4) is 0 Å². The van der Waals surface area contributed by atoms with Crippen LogP contribution in [0.4, 0.5) is 0 Å². The number of hydrogen-bond acceptors (Lipinski definition) is 7. The molecule has 9 heteroatoms. The van der Waals surface area contributed by atoms with Crippen molar-refractivity contribution < 1.29 is 27.5 Å². The van der Waals surface area contributed by atoms with Gasteiger partial charge in [-0.25, -0.2) is 8.42 Å². The van der Waals surface area contributed by atoms with E-state index in [0.29, 0.717) is 6.42 Å². The molecule has 3 rings (SSSR count). The predicted molar refractivity (Wildman–Crippen MR) is 102 cm³/mol. The molecule has 0 N–H and O–H groups in total. The molecule has 1 aromatic rings. The van der Waals surface area contributed by atoms with Crippen molar-refractivity contribution in [3.8, 4) is 5.75 Å². The summed E-state index contributed by atoms with van der Waals surface area (Å²) < 4.78 is 33.6. The third kappa shape index (κ3) is 5.62. The number of sulfone groups is 1. The first-order chi connectivity index (χ1) is 12.9. The molecule has 148 valence electrons. The number of ether oxygens (including phenoxy) is 2. The highest BCUT2D eigenvalue weighted by Gasteiger charge is 2.42. The fraction of sp³-hybridized carbons (Fsp3) is 0.556. The molecule has 1 aromatic carbocycles. The van der Waals surface area contributed by atoms with Gasteiger partial charge in [-0.05, 0) is 43.5 Å². The summed E-state index contributed by atoms with van der Waals surface area (Å²) in [5.74, 6) is 0.187. The van der Waals surface area contributed by atoms with Gasteiger partial charge in [-0.15, -0.1) is 11.8 Å². The number of hydrogen-bond donors (Lipinski definition) is 0. The van der Waals surface area contributed by atoms with E-state index in [1.807, 2.05) is 12.1 Å². The van der Waals surface area contributed by atoms with Crippen LogP contribution >= 0.6 is 11.8 Å². The Morgan fingerprint density at radius 1 is 1.15 bits per heavy atom. The highest BCUT2D eigenvalue weighted by atomic mass is 32.2. The first-order valence-electron chi connectivity index (χ1n) is 8.82. The summed E-state index contributed by atoms with van der Waals surface area (Å²) >= 11 is 1.32. The molecule has 2 fully saturated rings. The van der Waals surface area contributed by atoms with Gasteiger partial charge in [-0.3, -0.25) is 9.59 Å². The quantitative estimate of drug-likeness (QED) is 0.471. The maximum Gasteiger partial charge on any atom is 0.316 e. The lowest BCUT2D eigenvalue weighted by Gasteiger charge is -2.28. The topological polar surface area (TPSA) is 90.0 Å². The number of carbonyl (C=O) groups is 2. The third-order valence-electron chi connectivity index (χ3n) is 4.60. The van der Waals surface area contributed by atoms with Crippen LogP contribution < -0.4 is 4.74 Å². The van der Waals surface area contributed by atoms with Gasteiger partial charge in [-0.2, -0.15) is 0 Å². The Morgan fingerprint density at radius 3 is 2.41 bits per heavy atom. The number of nitrogens with zero attached hydrogens (tertiary/aromatic N) is 1. The van der Waals surface area contributed by atoms with E-state index in [2.05, 4.69) is 0 Å². The number of methoxy groups -OCH3 is 1. The van der Waals surface area contributed by atoms with Gasteiger partial charge in [0.15, 0.2) is 16.4 Å². The summed E-state index contributed by atoms with van der Waals surface area (Å²) in [4.78, 5) is 27.0. The van der Waals surface area contributed by atoms with E-state index >= 15 is 0 Å². The summed E-state index contributed by atoms with van der Waals surface area (Å²) in [5, 5.41) is 0. The van der Waals surface area contributed by atoms with Gasteiger partial charge < -0.3 is 14.4 Å². The Labute approximate surface area is 163 Å². The van der Waals surface area contributed by atoms with E-state index in [0.717, 1.165) is 23.5 Å². The number of esters is 1. The molecule has 27 heavy (non-hydrogen) atoms. The van der Waals surface area contributed by atoms with Gasteiger partial charge in [0.05, 0.1) is 24.4 Å². The minimum atomic E-state index is -3.07. The highest BCUT2D eigenvalue weighted by molar-refractivity contribution is 8.00. The van der Waals surface area contributed by atoms with Crippen molar-refractivity contribution in [1.29, 1.82) is 0 Å². The summed E-state index contributed by atoms with van der Waals surface area (Å²) in [6.45, 7) is -0.338. The van der Waals surface area contributed by atoms with E-state index in [1.165, 1.54) is 11.8 Å². The Balaban J connectivity index is 1.46. The van der Waals surface area contributed by atoms with E-state index in [-0.39, 0.29) is 41.9 Å². The van der Waals surface area contributed by atoms with Gasteiger partial charge in [-0.1, -0.05) is 0 Å². The number of carbonyl (C=O) groups excluding carboxylic acids is 2. The van der Waals surface area contributed by atoms with Crippen LogP contribution in [0.1, 0.15) is 19.3 Å². The zero-order chi connectivity index (χ0) is 19.4. The molecule has 0 radical (unpaired) electrons. The minimum absolute atomic E-state index is 0.0104. The van der Waals surface area contributed by atoms with Crippen molar-refractivity contribution >= 4 is 33.5 Å². The second-order valence-corrected chi connectivity index (χ2v) is 9.99. The summed E-state index contributed by atoms with van der Waals surface area (Å²) in [6, 6.07) is 7.10. The van der Waals surface area contributed by atoms with E-state index in [9.17, 15) is 18.0 Å². The Hall–Kier alpha value is -1.74. The molecule has 0 spiro atoms. The van der Waals surface area contributed by atoms with E-state index in [1.54, 1.807) is 24.1 Å². The second kappa shape index (κ2) is 8.52. The minimum Gasteiger partial charge on any atom is -0.497 e. The molecule has 1 atom stereocenters. The smallest absolute Gasteiger partial charge is 0.316 e. The standard InChI is InChI=1S/C18H23NO6S2/c1-24-15-4-6-16(7-5-15)26-11-18(21)25-10-17(20)19(13-2-3-13)14-8-9-27(22,23)12-14/h4-7,13-14H,2-3,8-12H2,1H3/t14-/m0/s1. The number of rotatable bonds is 8. The van der Waals surface area contributed by atoms with Gasteiger partial charge in [0.25, 0.3) is 5.91 Å². The molecular weight excluding hydrogens is 390 g/mol. The molecule has 0 bridgehead atoms. The highest BCUT2D eigenvalue weighted by Crippen LogP contribution is 2.32. The zero-order valence-electron chi connectivity index (χ0n) is 15.1. The van der Waals surface area contributed by atoms with Crippen LogP contribution in [0.5, 0.6) is 5.75 Å². The number of amides is 1. The van der Waals surface area contributed by atoms with Gasteiger partial charge in [0, 0.05) is 17.0 Å². The second-order valence-electron chi connectivity index (χ2n) is 6.71. The molecule has 1 amide bonds. The largest absolute Gasteiger partial charge is 0.497 e. The maximum absolute atomic E-state index is 12.5. The number of thioether (sulfide) groups is 1. The first-order valence-corrected chi connectivity index (χ1v) is 11.6. The number of benzene rings is 1. The molecule has 1 aliphatic carbocycles. The Morgan fingerprint density at radius 2 is 1.85 bits per heavy atom. The van der Waals surface area contributed by atoms with Crippen LogP contribution in [-0.2, 0) is 24.2 Å². The monoisotopic (exact) mass is 413 g/mol. The average molecular weight is 414 g/mol. The lowest BCUT2D eigenvalue weighted by atomic mass is 10.2. The molecule has 2 aliphatic rings. The molecule has 1 heterocycles. The zero-order valence-corrected chi connectivity index (χ0v) is 16.8. The Kier molecular flexibility index (Phi) is 6.31. The van der Waals surface area contributed by atoms with Crippen molar-refractivity contribution in [3.05, 3.63) is 24.3 Å². The fourth-order valence-electron chi connectivity index (χ4n) is 3.13. The maximum atomic E-state index is 12.5.